The Morgan fingerprint density at radius 1 is 0.486 bits per heavy atom. The van der Waals surface area contributed by atoms with Crippen molar-refractivity contribution in [1.82, 2.24) is 0 Å². The minimum absolute atomic E-state index is 0.00995. The van der Waals surface area contributed by atoms with Gasteiger partial charge in [-0.3, -0.25) is 14.4 Å². The van der Waals surface area contributed by atoms with E-state index < -0.39 is 11.8 Å². The Morgan fingerprint density at radius 3 is 1.64 bits per heavy atom. The summed E-state index contributed by atoms with van der Waals surface area (Å²) < 4.78 is 0. The number of rotatable bonds is 10. The van der Waals surface area contributed by atoms with E-state index in [0.717, 1.165) is 11.1 Å². The Kier molecular flexibility index (Phi) is 12.2. The number of azo groups is 2. The van der Waals surface area contributed by atoms with Crippen LogP contribution in [0.1, 0.15) is 42.2 Å². The van der Waals surface area contributed by atoms with Crippen LogP contribution in [0.5, 0.6) is 11.5 Å². The van der Waals surface area contributed by atoms with Gasteiger partial charge >= 0.3 is 0 Å². The third-order valence-electron chi connectivity index (χ3n) is 11.7. The SMILES string of the molecule is Cc1cc(N=Nc2ccc3c(c2)C(=O)c2cc(Nc4c(O)c(C(=O)Nc5ccc(Cl)c(Cl)c5)cc5ccccc45)ccc2-3)ccc1N=Nc1c(O)c(C(=O)Nc2ccc(Cl)c(Cl)c2)cc2ccccc12. The molecule has 0 heterocycles. The molecule has 9 aromatic rings. The summed E-state index contributed by atoms with van der Waals surface area (Å²) in [6.45, 7) is 1.83. The number of benzene rings is 9. The van der Waals surface area contributed by atoms with Crippen LogP contribution in [0.4, 0.5) is 45.5 Å². The summed E-state index contributed by atoms with van der Waals surface area (Å²) in [5, 5.41) is 53.3. The average Bonchev–Trinajstić information content (AvgIpc) is 3.63. The number of ketones is 1. The fourth-order valence-corrected chi connectivity index (χ4v) is 8.75. The standard InChI is InChI=1S/C54H33Cl4N7O5/c1-27-20-33(14-19-47(27)64-65-49-36-9-5-3-7-29(36)22-42(52(49)68)54(70)61-32-13-18-44(56)46(58)26-32)62-63-34-11-16-38-37-15-10-30(23-39(37)50(66)40(38)24-34)59-48-35-8-4-2-6-28(35)21-41(51(48)67)53(69)60-31-12-17-43(55)45(57)25-31/h2-26,59,67-68H,1H3,(H,60,69)(H,61,70). The zero-order valence-electron chi connectivity index (χ0n) is 36.4. The van der Waals surface area contributed by atoms with Gasteiger partial charge in [0.15, 0.2) is 17.3 Å². The van der Waals surface area contributed by atoms with E-state index in [0.29, 0.717) is 82.4 Å². The molecule has 9 aromatic carbocycles. The number of aryl methyl sites for hydroxylation is 1. The van der Waals surface area contributed by atoms with Crippen LogP contribution in [0.15, 0.2) is 172 Å². The highest BCUT2D eigenvalue weighted by molar-refractivity contribution is 6.42. The van der Waals surface area contributed by atoms with Crippen LogP contribution in [0.3, 0.4) is 0 Å². The number of nitrogens with zero attached hydrogens (tertiary/aromatic N) is 4. The van der Waals surface area contributed by atoms with Gasteiger partial charge in [0, 0.05) is 39.0 Å². The largest absolute Gasteiger partial charge is 0.505 e. The molecular weight excluding hydrogens is 968 g/mol. The zero-order chi connectivity index (χ0) is 48.8. The molecular formula is C54H33Cl4N7O5. The summed E-state index contributed by atoms with van der Waals surface area (Å²) in [5.74, 6) is -1.98. The molecule has 12 nitrogen and oxygen atoms in total. The van der Waals surface area contributed by atoms with Gasteiger partial charge in [0.05, 0.1) is 54.0 Å². The van der Waals surface area contributed by atoms with Crippen LogP contribution in [0.2, 0.25) is 20.1 Å². The van der Waals surface area contributed by atoms with Gasteiger partial charge in [-0.25, -0.2) is 0 Å². The number of hydrogen-bond donors (Lipinski definition) is 5. The lowest BCUT2D eigenvalue weighted by atomic mass is 10.0. The Labute approximate surface area is 418 Å². The van der Waals surface area contributed by atoms with E-state index in [1.165, 1.54) is 12.1 Å². The molecule has 0 bridgehead atoms. The second kappa shape index (κ2) is 18.8. The molecule has 0 radical (unpaired) electrons. The second-order valence-corrected chi connectivity index (χ2v) is 17.8. The summed E-state index contributed by atoms with van der Waals surface area (Å²) in [4.78, 5) is 40.9. The predicted octanol–water partition coefficient (Wildman–Crippen LogP) is 16.6. The Hall–Kier alpha value is -8.13. The molecule has 16 heteroatoms. The number of halogens is 4. The first-order chi connectivity index (χ1) is 33.8. The number of carbonyl (C=O) groups is 3. The number of carbonyl (C=O) groups excluding carboxylic acids is 3. The molecule has 342 valence electrons. The molecule has 0 aromatic heterocycles. The molecule has 1 aliphatic carbocycles. The van der Waals surface area contributed by atoms with Crippen LogP contribution in [-0.4, -0.2) is 27.8 Å². The number of phenolic OH excluding ortho intramolecular Hbond substituents is 2. The second-order valence-electron chi connectivity index (χ2n) is 16.2. The fourth-order valence-electron chi connectivity index (χ4n) is 8.16. The number of anilines is 4. The van der Waals surface area contributed by atoms with Crippen molar-refractivity contribution in [3.63, 3.8) is 0 Å². The van der Waals surface area contributed by atoms with Crippen molar-refractivity contribution in [1.29, 1.82) is 0 Å². The maximum absolute atomic E-state index is 14.0. The molecule has 2 amide bonds. The Bertz CT molecular complexity index is 3770. The van der Waals surface area contributed by atoms with Crippen LogP contribution in [-0.2, 0) is 0 Å². The maximum Gasteiger partial charge on any atom is 0.259 e. The van der Waals surface area contributed by atoms with Gasteiger partial charge in [-0.05, 0) is 125 Å². The summed E-state index contributed by atoms with van der Waals surface area (Å²) >= 11 is 24.4. The molecule has 1 aliphatic rings. The van der Waals surface area contributed by atoms with Crippen LogP contribution >= 0.6 is 46.4 Å². The van der Waals surface area contributed by atoms with E-state index in [4.69, 9.17) is 46.4 Å². The van der Waals surface area contributed by atoms with Crippen molar-refractivity contribution in [3.8, 4) is 22.6 Å². The molecule has 5 N–H and O–H groups in total. The van der Waals surface area contributed by atoms with E-state index in [1.807, 2.05) is 55.5 Å². The van der Waals surface area contributed by atoms with E-state index in [9.17, 15) is 24.6 Å². The Balaban J connectivity index is 0.859. The minimum atomic E-state index is -0.579. The average molecular weight is 1000 g/mol. The highest BCUT2D eigenvalue weighted by atomic mass is 35.5. The minimum Gasteiger partial charge on any atom is -0.505 e. The van der Waals surface area contributed by atoms with Gasteiger partial charge in [0.1, 0.15) is 5.69 Å². The van der Waals surface area contributed by atoms with E-state index >= 15 is 0 Å². The molecule has 0 saturated carbocycles. The van der Waals surface area contributed by atoms with Crippen molar-refractivity contribution < 1.29 is 24.6 Å². The summed E-state index contributed by atoms with van der Waals surface area (Å²) in [6.07, 6.45) is 0. The van der Waals surface area contributed by atoms with Gasteiger partial charge in [0.25, 0.3) is 11.8 Å². The lowest BCUT2D eigenvalue weighted by Gasteiger charge is -2.16. The topological polar surface area (TPSA) is 177 Å². The Morgan fingerprint density at radius 2 is 1.01 bits per heavy atom. The van der Waals surface area contributed by atoms with Gasteiger partial charge in [0.2, 0.25) is 0 Å². The zero-order valence-corrected chi connectivity index (χ0v) is 39.4. The van der Waals surface area contributed by atoms with Crippen molar-refractivity contribution >= 4 is 131 Å². The number of hydrogen-bond acceptors (Lipinski definition) is 10. The molecule has 70 heavy (non-hydrogen) atoms. The van der Waals surface area contributed by atoms with E-state index in [2.05, 4.69) is 36.4 Å². The summed E-state index contributed by atoms with van der Waals surface area (Å²) in [6, 6.07) is 42.9. The van der Waals surface area contributed by atoms with Crippen LogP contribution < -0.4 is 16.0 Å². The molecule has 0 unspecified atom stereocenters. The first-order valence-electron chi connectivity index (χ1n) is 21.4. The highest BCUT2D eigenvalue weighted by Crippen LogP contribution is 2.44. The fraction of sp³-hybridized carbons (Fsp3) is 0.0185. The van der Waals surface area contributed by atoms with Crippen LogP contribution in [0, 0.1) is 6.92 Å². The number of aromatic hydroxyl groups is 2. The van der Waals surface area contributed by atoms with Crippen molar-refractivity contribution in [3.05, 3.63) is 200 Å². The van der Waals surface area contributed by atoms with E-state index in [-0.39, 0.29) is 49.8 Å². The molecule has 0 fully saturated rings. The molecule has 0 spiro atoms. The summed E-state index contributed by atoms with van der Waals surface area (Å²) in [5.41, 5.74) is 6.28. The van der Waals surface area contributed by atoms with Gasteiger partial charge < -0.3 is 26.2 Å². The first-order valence-corrected chi connectivity index (χ1v) is 22.9. The first kappa shape index (κ1) is 45.6. The maximum atomic E-state index is 14.0. The van der Waals surface area contributed by atoms with Gasteiger partial charge in [-0.15, -0.1) is 5.11 Å². The molecule has 10 rings (SSSR count). The quantitative estimate of drug-likeness (QED) is 0.0672. The van der Waals surface area contributed by atoms with Crippen LogP contribution in [0.25, 0.3) is 32.7 Å². The monoisotopic (exact) mass is 999 g/mol. The normalized spacial score (nSPS) is 11.9. The number of amides is 2. The number of nitrogens with one attached hydrogen (secondary N) is 3. The third kappa shape index (κ3) is 8.88. The lowest BCUT2D eigenvalue weighted by molar-refractivity contribution is 0.101. The van der Waals surface area contributed by atoms with Crippen molar-refractivity contribution in [2.24, 2.45) is 20.5 Å². The van der Waals surface area contributed by atoms with Crippen molar-refractivity contribution in [2.75, 3.05) is 16.0 Å². The predicted molar refractivity (Wildman–Crippen MR) is 278 cm³/mol. The molecule has 0 aliphatic heterocycles. The lowest BCUT2D eigenvalue weighted by Crippen LogP contribution is -2.13. The van der Waals surface area contributed by atoms with Gasteiger partial charge in [-0.2, -0.15) is 15.3 Å². The summed E-state index contributed by atoms with van der Waals surface area (Å²) in [7, 11) is 0. The van der Waals surface area contributed by atoms with Crippen molar-refractivity contribution in [2.45, 2.75) is 6.92 Å². The third-order valence-corrected chi connectivity index (χ3v) is 13.1. The molecule has 0 saturated heterocycles. The number of fused-ring (bicyclic) bond motifs is 5. The van der Waals surface area contributed by atoms with Gasteiger partial charge in [-0.1, -0.05) is 107 Å². The smallest absolute Gasteiger partial charge is 0.259 e. The molecule has 0 atom stereocenters. The highest BCUT2D eigenvalue weighted by Gasteiger charge is 2.28. The number of phenols is 2. The van der Waals surface area contributed by atoms with E-state index in [1.54, 1.807) is 91.0 Å².